The van der Waals surface area contributed by atoms with Crippen molar-refractivity contribution in [1.29, 1.82) is 0 Å². The molecule has 2 N–H and O–H groups in total. The molecular weight excluding hydrogens is 362 g/mol. The summed E-state index contributed by atoms with van der Waals surface area (Å²) in [7, 11) is 1.53. The molecule has 28 heavy (non-hydrogen) atoms. The maximum Gasteiger partial charge on any atom is 0.335 e. The van der Waals surface area contributed by atoms with Crippen molar-refractivity contribution in [3.63, 3.8) is 0 Å². The minimum absolute atomic E-state index is 0.0403. The molecule has 0 unspecified atom stereocenters. The van der Waals surface area contributed by atoms with Crippen LogP contribution in [0.5, 0.6) is 0 Å². The van der Waals surface area contributed by atoms with Gasteiger partial charge in [-0.25, -0.2) is 9.78 Å². The maximum atomic E-state index is 12.7. The van der Waals surface area contributed by atoms with Gasteiger partial charge in [0, 0.05) is 18.8 Å². The Labute approximate surface area is 159 Å². The van der Waals surface area contributed by atoms with Gasteiger partial charge in [0.05, 0.1) is 11.8 Å². The molecule has 4 rings (SSSR count). The number of aromatic nitrogens is 4. The molecule has 0 bridgehead atoms. The Balaban J connectivity index is 1.80. The zero-order valence-corrected chi connectivity index (χ0v) is 15.3. The first-order valence-electron chi connectivity index (χ1n) is 9.04. The first-order valence-corrected chi connectivity index (χ1v) is 9.04. The Bertz CT molecular complexity index is 1170. The predicted molar refractivity (Wildman–Crippen MR) is 103 cm³/mol. The van der Waals surface area contributed by atoms with E-state index in [4.69, 9.17) is 5.11 Å². The van der Waals surface area contributed by atoms with Crippen molar-refractivity contribution >= 4 is 28.8 Å². The largest absolute Gasteiger partial charge is 0.478 e. The average molecular weight is 381 g/mol. The van der Waals surface area contributed by atoms with Crippen LogP contribution in [0.3, 0.4) is 0 Å². The number of nitrogens with one attached hydrogen (secondary N) is 1. The summed E-state index contributed by atoms with van der Waals surface area (Å²) in [4.78, 5) is 44.7. The van der Waals surface area contributed by atoms with Gasteiger partial charge in [-0.3, -0.25) is 14.2 Å². The average Bonchev–Trinajstić information content (AvgIpc) is 3.21. The van der Waals surface area contributed by atoms with Crippen molar-refractivity contribution in [3.8, 4) is 0 Å². The number of aryl methyl sites for hydroxylation is 1. The lowest BCUT2D eigenvalue weighted by Gasteiger charge is -2.17. The lowest BCUT2D eigenvalue weighted by atomic mass is 10.2. The Kier molecular flexibility index (Phi) is 4.42. The highest BCUT2D eigenvalue weighted by atomic mass is 16.4. The van der Waals surface area contributed by atoms with Crippen LogP contribution in [-0.2, 0) is 7.05 Å². The fourth-order valence-corrected chi connectivity index (χ4v) is 3.62. The maximum absolute atomic E-state index is 12.7. The highest BCUT2D eigenvalue weighted by Gasteiger charge is 2.23. The molecule has 0 saturated heterocycles. The monoisotopic (exact) mass is 381 g/mol. The smallest absolute Gasteiger partial charge is 0.335 e. The zero-order valence-electron chi connectivity index (χ0n) is 15.3. The van der Waals surface area contributed by atoms with E-state index in [-0.39, 0.29) is 17.6 Å². The van der Waals surface area contributed by atoms with E-state index in [0.717, 1.165) is 25.7 Å². The van der Waals surface area contributed by atoms with Crippen LogP contribution < -0.4 is 16.4 Å². The van der Waals surface area contributed by atoms with Crippen molar-refractivity contribution in [2.45, 2.75) is 31.7 Å². The molecule has 0 aliphatic heterocycles. The van der Waals surface area contributed by atoms with Crippen molar-refractivity contribution in [1.82, 2.24) is 19.1 Å². The topological polar surface area (TPSA) is 119 Å². The summed E-state index contributed by atoms with van der Waals surface area (Å²) in [5.41, 5.74) is 0.534. The van der Waals surface area contributed by atoms with E-state index in [9.17, 15) is 14.4 Å². The molecule has 144 valence electrons. The zero-order chi connectivity index (χ0) is 19.8. The lowest BCUT2D eigenvalue weighted by molar-refractivity contribution is 0.0697. The number of benzene rings is 1. The van der Waals surface area contributed by atoms with Gasteiger partial charge in [-0.2, -0.15) is 4.98 Å². The summed E-state index contributed by atoms with van der Waals surface area (Å²) in [6.45, 7) is 0. The Morgan fingerprint density at radius 2 is 1.82 bits per heavy atom. The fourth-order valence-electron chi connectivity index (χ4n) is 3.62. The second kappa shape index (κ2) is 6.91. The number of fused-ring (bicyclic) bond motifs is 1. The molecule has 0 radical (unpaired) electrons. The van der Waals surface area contributed by atoms with E-state index in [2.05, 4.69) is 15.3 Å². The van der Waals surface area contributed by atoms with Crippen LogP contribution in [0.1, 0.15) is 42.1 Å². The van der Waals surface area contributed by atoms with Gasteiger partial charge in [0.15, 0.2) is 5.65 Å². The van der Waals surface area contributed by atoms with E-state index in [1.54, 1.807) is 12.1 Å². The van der Waals surface area contributed by atoms with Crippen LogP contribution in [0.15, 0.2) is 40.1 Å². The molecule has 1 aliphatic rings. The predicted octanol–water partition coefficient (Wildman–Crippen LogP) is 2.05. The number of carboxylic acid groups (broad SMARTS) is 1. The number of hydrogen-bond donors (Lipinski definition) is 2. The second-order valence-electron chi connectivity index (χ2n) is 6.89. The van der Waals surface area contributed by atoms with Gasteiger partial charge in [-0.15, -0.1) is 0 Å². The summed E-state index contributed by atoms with van der Waals surface area (Å²) in [6, 6.07) is 6.14. The summed E-state index contributed by atoms with van der Waals surface area (Å²) < 4.78 is 2.78. The van der Waals surface area contributed by atoms with Gasteiger partial charge in [-0.1, -0.05) is 12.8 Å². The molecular formula is C19H19N5O4. The van der Waals surface area contributed by atoms with Gasteiger partial charge >= 0.3 is 17.1 Å². The lowest BCUT2D eigenvalue weighted by Crippen LogP contribution is -2.42. The van der Waals surface area contributed by atoms with E-state index in [1.165, 1.54) is 34.5 Å². The van der Waals surface area contributed by atoms with Crippen LogP contribution in [0.4, 0.5) is 11.6 Å². The third-order valence-electron chi connectivity index (χ3n) is 5.12. The quantitative estimate of drug-likeness (QED) is 0.664. The molecule has 3 aromatic rings. The number of rotatable bonds is 4. The summed E-state index contributed by atoms with van der Waals surface area (Å²) in [5, 5.41) is 12.0. The molecule has 0 spiro atoms. The minimum atomic E-state index is -1.00. The highest BCUT2D eigenvalue weighted by Crippen LogP contribution is 2.30. The van der Waals surface area contributed by atoms with Crippen molar-refractivity contribution in [2.24, 2.45) is 7.05 Å². The second-order valence-corrected chi connectivity index (χ2v) is 6.89. The Morgan fingerprint density at radius 3 is 2.46 bits per heavy atom. The first kappa shape index (κ1) is 17.9. The van der Waals surface area contributed by atoms with E-state index in [1.807, 2.05) is 0 Å². The molecule has 0 amide bonds. The van der Waals surface area contributed by atoms with E-state index in [0.29, 0.717) is 16.9 Å². The van der Waals surface area contributed by atoms with Crippen molar-refractivity contribution in [2.75, 3.05) is 5.32 Å². The van der Waals surface area contributed by atoms with E-state index < -0.39 is 17.1 Å². The molecule has 1 fully saturated rings. The third-order valence-corrected chi connectivity index (χ3v) is 5.12. The Hall–Kier alpha value is -3.49. The summed E-state index contributed by atoms with van der Waals surface area (Å²) in [5.74, 6) is -0.740. The standard InChI is InChI=1S/C19H19N5O4/c1-23-14-10-20-19(21-12-8-6-11(7-9-12)18(27)28)22-15(14)24(17(26)16(23)25)13-4-2-3-5-13/h6-10,13H,2-5H2,1H3,(H,27,28)(H,20,21,22). The van der Waals surface area contributed by atoms with Crippen molar-refractivity contribution in [3.05, 3.63) is 56.7 Å². The normalized spacial score (nSPS) is 14.5. The van der Waals surface area contributed by atoms with Crippen LogP contribution >= 0.6 is 0 Å². The molecule has 1 aromatic carbocycles. The summed E-state index contributed by atoms with van der Waals surface area (Å²) in [6.07, 6.45) is 5.22. The molecule has 9 heteroatoms. The number of anilines is 2. The molecule has 9 nitrogen and oxygen atoms in total. The van der Waals surface area contributed by atoms with E-state index >= 15 is 0 Å². The van der Waals surface area contributed by atoms with Gasteiger partial charge in [-0.05, 0) is 37.1 Å². The number of carboxylic acids is 1. The Morgan fingerprint density at radius 1 is 1.14 bits per heavy atom. The number of aromatic carboxylic acids is 1. The van der Waals surface area contributed by atoms with Crippen LogP contribution in [-0.4, -0.2) is 30.2 Å². The minimum Gasteiger partial charge on any atom is -0.478 e. The van der Waals surface area contributed by atoms with Gasteiger partial charge in [0.2, 0.25) is 5.95 Å². The van der Waals surface area contributed by atoms with Crippen molar-refractivity contribution < 1.29 is 9.90 Å². The molecule has 1 saturated carbocycles. The number of nitrogens with zero attached hydrogens (tertiary/aromatic N) is 4. The molecule has 0 atom stereocenters. The summed E-state index contributed by atoms with van der Waals surface area (Å²) >= 11 is 0. The highest BCUT2D eigenvalue weighted by molar-refractivity contribution is 5.88. The third kappa shape index (κ3) is 3.04. The SMILES string of the molecule is Cn1c(=O)c(=O)n(C2CCCC2)c2nc(Nc3ccc(C(=O)O)cc3)ncc21. The number of carbonyl (C=O) groups is 1. The molecule has 2 heterocycles. The van der Waals surface area contributed by atoms with Crippen LogP contribution in [0, 0.1) is 0 Å². The molecule has 2 aromatic heterocycles. The fraction of sp³-hybridized carbons (Fsp3) is 0.316. The van der Waals surface area contributed by atoms with Gasteiger partial charge in [0.25, 0.3) is 0 Å². The van der Waals surface area contributed by atoms with Crippen LogP contribution in [0.25, 0.3) is 11.2 Å². The molecule has 1 aliphatic carbocycles. The van der Waals surface area contributed by atoms with Gasteiger partial charge in [0.1, 0.15) is 5.52 Å². The van der Waals surface area contributed by atoms with Crippen LogP contribution in [0.2, 0.25) is 0 Å². The van der Waals surface area contributed by atoms with Gasteiger partial charge < -0.3 is 15.0 Å². The number of hydrogen-bond acceptors (Lipinski definition) is 6. The first-order chi connectivity index (χ1) is 13.5.